The molecular weight excluding hydrogens is 255 g/mol. The first-order valence-corrected chi connectivity index (χ1v) is 6.20. The van der Waals surface area contributed by atoms with Crippen molar-refractivity contribution in [3.05, 3.63) is 35.1 Å². The van der Waals surface area contributed by atoms with Gasteiger partial charge in [0.1, 0.15) is 11.3 Å². The molecule has 2 rings (SSSR count). The van der Waals surface area contributed by atoms with Crippen molar-refractivity contribution in [1.29, 1.82) is 0 Å². The van der Waals surface area contributed by atoms with Gasteiger partial charge in [0.15, 0.2) is 0 Å². The third kappa shape index (κ3) is 2.62. The first-order chi connectivity index (χ1) is 8.72. The zero-order valence-electron chi connectivity index (χ0n) is 9.61. The number of para-hydroxylation sites is 1. The number of anilines is 2. The lowest BCUT2D eigenvalue weighted by molar-refractivity contribution is 0.102. The van der Waals surface area contributed by atoms with E-state index in [0.717, 1.165) is 0 Å². The fourth-order valence-corrected chi connectivity index (χ4v) is 1.90. The van der Waals surface area contributed by atoms with Crippen molar-refractivity contribution in [2.24, 2.45) is 0 Å². The molecule has 0 radical (unpaired) electrons. The van der Waals surface area contributed by atoms with Gasteiger partial charge in [-0.05, 0) is 19.1 Å². The van der Waals surface area contributed by atoms with Crippen LogP contribution < -0.4 is 10.6 Å². The SMILES string of the molecule is CCNc1c(F)cccc1C(=O)Nc1nncs1. The molecule has 1 aromatic heterocycles. The zero-order chi connectivity index (χ0) is 13.0. The number of aromatic nitrogens is 2. The smallest absolute Gasteiger partial charge is 0.259 e. The summed E-state index contributed by atoms with van der Waals surface area (Å²) in [4.78, 5) is 12.0. The third-order valence-electron chi connectivity index (χ3n) is 2.19. The van der Waals surface area contributed by atoms with Crippen LogP contribution in [0.1, 0.15) is 17.3 Å². The van der Waals surface area contributed by atoms with Crippen molar-refractivity contribution in [1.82, 2.24) is 10.2 Å². The highest BCUT2D eigenvalue weighted by Gasteiger charge is 2.15. The van der Waals surface area contributed by atoms with E-state index in [9.17, 15) is 9.18 Å². The summed E-state index contributed by atoms with van der Waals surface area (Å²) < 4.78 is 13.6. The van der Waals surface area contributed by atoms with Crippen LogP contribution in [0.5, 0.6) is 0 Å². The minimum atomic E-state index is -0.457. The highest BCUT2D eigenvalue weighted by Crippen LogP contribution is 2.21. The molecular formula is C11H11FN4OS. The normalized spacial score (nSPS) is 10.1. The molecule has 0 aliphatic carbocycles. The predicted molar refractivity (Wildman–Crippen MR) is 68.4 cm³/mol. The van der Waals surface area contributed by atoms with Crippen LogP contribution in [0.4, 0.5) is 15.2 Å². The van der Waals surface area contributed by atoms with Gasteiger partial charge < -0.3 is 5.32 Å². The minimum absolute atomic E-state index is 0.196. The molecule has 0 aliphatic rings. The summed E-state index contributed by atoms with van der Waals surface area (Å²) in [6.07, 6.45) is 0. The molecule has 0 unspecified atom stereocenters. The van der Waals surface area contributed by atoms with E-state index in [-0.39, 0.29) is 11.3 Å². The number of carbonyl (C=O) groups is 1. The fraction of sp³-hybridized carbons (Fsp3) is 0.182. The second kappa shape index (κ2) is 5.54. The number of hydrogen-bond acceptors (Lipinski definition) is 5. The van der Waals surface area contributed by atoms with Crippen molar-refractivity contribution < 1.29 is 9.18 Å². The number of benzene rings is 1. The van der Waals surface area contributed by atoms with Gasteiger partial charge in [0.25, 0.3) is 5.91 Å². The van der Waals surface area contributed by atoms with Gasteiger partial charge in [-0.25, -0.2) is 4.39 Å². The molecule has 1 amide bonds. The van der Waals surface area contributed by atoms with Crippen LogP contribution >= 0.6 is 11.3 Å². The van der Waals surface area contributed by atoms with Crippen molar-refractivity contribution in [2.45, 2.75) is 6.92 Å². The Labute approximate surface area is 107 Å². The lowest BCUT2D eigenvalue weighted by Gasteiger charge is -2.10. The van der Waals surface area contributed by atoms with Crippen molar-refractivity contribution in [3.63, 3.8) is 0 Å². The molecule has 0 saturated carbocycles. The van der Waals surface area contributed by atoms with E-state index in [1.54, 1.807) is 6.07 Å². The Balaban J connectivity index is 2.26. The quantitative estimate of drug-likeness (QED) is 0.891. The van der Waals surface area contributed by atoms with Crippen molar-refractivity contribution >= 4 is 28.1 Å². The van der Waals surface area contributed by atoms with E-state index in [4.69, 9.17) is 0 Å². The summed E-state index contributed by atoms with van der Waals surface area (Å²) in [7, 11) is 0. The average Bonchev–Trinajstić information content (AvgIpc) is 2.84. The number of nitrogens with zero attached hydrogens (tertiary/aromatic N) is 2. The summed E-state index contributed by atoms with van der Waals surface area (Å²) in [6.45, 7) is 2.36. The van der Waals surface area contributed by atoms with Gasteiger partial charge >= 0.3 is 0 Å². The van der Waals surface area contributed by atoms with E-state index in [1.807, 2.05) is 6.92 Å². The van der Waals surface area contributed by atoms with Crippen LogP contribution in [-0.2, 0) is 0 Å². The van der Waals surface area contributed by atoms with Gasteiger partial charge in [-0.15, -0.1) is 10.2 Å². The molecule has 1 aromatic carbocycles. The molecule has 94 valence electrons. The average molecular weight is 266 g/mol. The molecule has 7 heteroatoms. The van der Waals surface area contributed by atoms with Gasteiger partial charge in [0.2, 0.25) is 5.13 Å². The minimum Gasteiger partial charge on any atom is -0.382 e. The Morgan fingerprint density at radius 2 is 2.33 bits per heavy atom. The van der Waals surface area contributed by atoms with Crippen molar-refractivity contribution in [3.8, 4) is 0 Å². The Morgan fingerprint density at radius 3 is 3.00 bits per heavy atom. The summed E-state index contributed by atoms with van der Waals surface area (Å²) in [5.74, 6) is -0.871. The third-order valence-corrected chi connectivity index (χ3v) is 2.80. The molecule has 1 heterocycles. The van der Waals surface area contributed by atoms with Crippen LogP contribution in [0.25, 0.3) is 0 Å². The number of carbonyl (C=O) groups excluding carboxylic acids is 1. The highest BCUT2D eigenvalue weighted by molar-refractivity contribution is 7.13. The molecule has 0 spiro atoms. The molecule has 18 heavy (non-hydrogen) atoms. The molecule has 0 aliphatic heterocycles. The molecule has 0 fully saturated rings. The zero-order valence-corrected chi connectivity index (χ0v) is 10.4. The summed E-state index contributed by atoms with van der Waals surface area (Å²) in [5.41, 5.74) is 1.95. The maximum atomic E-state index is 13.6. The van der Waals surface area contributed by atoms with Crippen molar-refractivity contribution in [2.75, 3.05) is 17.2 Å². The van der Waals surface area contributed by atoms with Crippen LogP contribution in [0, 0.1) is 5.82 Å². The highest BCUT2D eigenvalue weighted by atomic mass is 32.1. The van der Waals surface area contributed by atoms with Gasteiger partial charge in [-0.1, -0.05) is 17.4 Å². The Bertz CT molecular complexity index is 544. The molecule has 0 saturated heterocycles. The molecule has 0 atom stereocenters. The molecule has 5 nitrogen and oxygen atoms in total. The number of nitrogens with one attached hydrogen (secondary N) is 2. The monoisotopic (exact) mass is 266 g/mol. The van der Waals surface area contributed by atoms with Crippen LogP contribution in [0.2, 0.25) is 0 Å². The summed E-state index contributed by atoms with van der Waals surface area (Å²) in [6, 6.07) is 4.35. The largest absolute Gasteiger partial charge is 0.382 e. The second-order valence-electron chi connectivity index (χ2n) is 3.39. The first kappa shape index (κ1) is 12.4. The van der Waals surface area contributed by atoms with Crippen LogP contribution in [0.3, 0.4) is 0 Å². The van der Waals surface area contributed by atoms with E-state index in [0.29, 0.717) is 11.7 Å². The molecule has 2 N–H and O–H groups in total. The van der Waals surface area contributed by atoms with Crippen LogP contribution in [0.15, 0.2) is 23.7 Å². The van der Waals surface area contributed by atoms with E-state index < -0.39 is 11.7 Å². The second-order valence-corrected chi connectivity index (χ2v) is 4.22. The number of amides is 1. The number of rotatable bonds is 4. The van der Waals surface area contributed by atoms with Gasteiger partial charge in [-0.2, -0.15) is 0 Å². The summed E-state index contributed by atoms with van der Waals surface area (Å²) >= 11 is 1.20. The van der Waals surface area contributed by atoms with Gasteiger partial charge in [0.05, 0.1) is 11.3 Å². The fourth-order valence-electron chi connectivity index (χ4n) is 1.46. The topological polar surface area (TPSA) is 66.9 Å². The first-order valence-electron chi connectivity index (χ1n) is 5.32. The van der Waals surface area contributed by atoms with Crippen LogP contribution in [-0.4, -0.2) is 22.6 Å². The van der Waals surface area contributed by atoms with E-state index in [1.165, 1.54) is 29.0 Å². The Morgan fingerprint density at radius 1 is 1.50 bits per heavy atom. The molecule has 2 aromatic rings. The lowest BCUT2D eigenvalue weighted by Crippen LogP contribution is -2.15. The lowest BCUT2D eigenvalue weighted by atomic mass is 10.1. The maximum Gasteiger partial charge on any atom is 0.259 e. The van der Waals surface area contributed by atoms with E-state index in [2.05, 4.69) is 20.8 Å². The predicted octanol–water partition coefficient (Wildman–Crippen LogP) is 2.36. The van der Waals surface area contributed by atoms with Gasteiger partial charge in [0, 0.05) is 6.54 Å². The Hall–Kier alpha value is -2.02. The van der Waals surface area contributed by atoms with E-state index >= 15 is 0 Å². The standard InChI is InChI=1S/C11H11FN4OS/c1-2-13-9-7(4-3-5-8(9)12)10(17)15-11-16-14-6-18-11/h3-6,13H,2H2,1H3,(H,15,16,17). The summed E-state index contributed by atoms with van der Waals surface area (Å²) in [5, 5.41) is 13.1. The Kier molecular flexibility index (Phi) is 3.83. The number of halogens is 1. The maximum absolute atomic E-state index is 13.6. The number of hydrogen-bond donors (Lipinski definition) is 2. The molecule has 0 bridgehead atoms. The van der Waals surface area contributed by atoms with Gasteiger partial charge in [-0.3, -0.25) is 10.1 Å².